The molecule has 0 spiro atoms. The molecule has 0 amide bonds. The van der Waals surface area contributed by atoms with Crippen molar-refractivity contribution in [2.24, 2.45) is 0 Å². The molecule has 0 fully saturated rings. The average Bonchev–Trinajstić information content (AvgIpc) is 1.58. The lowest BCUT2D eigenvalue weighted by Gasteiger charge is -2.14. The molecule has 18 aromatic carbocycles. The second kappa shape index (κ2) is 36.9. The van der Waals surface area contributed by atoms with E-state index < -0.39 is 0 Å². The summed E-state index contributed by atoms with van der Waals surface area (Å²) in [5.41, 5.74) is 29.2. The summed E-state index contributed by atoms with van der Waals surface area (Å²) in [5.74, 6) is 5.30. The minimum Gasteiger partial charge on any atom is -0.456 e. The van der Waals surface area contributed by atoms with Crippen LogP contribution in [0, 0.1) is 0 Å². The molecule has 0 unspecified atom stereocenters. The number of para-hydroxylation sites is 6. The summed E-state index contributed by atoms with van der Waals surface area (Å²) in [6, 6.07) is 158. The van der Waals surface area contributed by atoms with E-state index >= 15 is 0 Å². The van der Waals surface area contributed by atoms with E-state index in [1.54, 1.807) is 6.20 Å². The molecule has 30 aromatic rings. The highest BCUT2D eigenvalue weighted by Crippen LogP contribution is 2.46. The van der Waals surface area contributed by atoms with Gasteiger partial charge in [-0.05, 0) is 149 Å². The fraction of sp³-hybridized carbons (Fsp3) is 0. The third-order valence-corrected chi connectivity index (χ3v) is 28.0. The van der Waals surface area contributed by atoms with Gasteiger partial charge in [0.2, 0.25) is 0 Å². The van der Waals surface area contributed by atoms with E-state index in [9.17, 15) is 0 Å². The number of aromatic nitrogens is 15. The number of hydrogen-bond acceptors (Lipinski definition) is 15. The third kappa shape index (κ3) is 15.7. The number of rotatable bonds is 15. The van der Waals surface area contributed by atoms with Crippen LogP contribution in [0.15, 0.2) is 505 Å². The van der Waals surface area contributed by atoms with E-state index in [-0.39, 0.29) is 0 Å². The van der Waals surface area contributed by atoms with Crippen LogP contribution in [0.25, 0.3) is 284 Å². The Hall–Kier alpha value is -20.8. The number of fused-ring (bicyclic) bond motifs is 18. The highest BCUT2D eigenvalue weighted by molar-refractivity contribution is 6.16. The van der Waals surface area contributed by atoms with E-state index in [0.717, 1.165) is 210 Å². The maximum absolute atomic E-state index is 6.13. The molecule has 0 saturated heterocycles. The van der Waals surface area contributed by atoms with Crippen LogP contribution in [0.1, 0.15) is 0 Å². The van der Waals surface area contributed by atoms with Crippen molar-refractivity contribution in [3.8, 4) is 153 Å². The minimum atomic E-state index is 0.515. The third-order valence-electron chi connectivity index (χ3n) is 28.0. The molecule has 0 aliphatic rings. The van der Waals surface area contributed by atoms with Gasteiger partial charge in [-0.2, -0.15) is 0 Å². The average molecular weight is 1930 g/mol. The summed E-state index contributed by atoms with van der Waals surface area (Å²) in [7, 11) is 0. The number of pyridine rings is 3. The fourth-order valence-electron chi connectivity index (χ4n) is 20.9. The molecule has 0 saturated carbocycles. The second-order valence-electron chi connectivity index (χ2n) is 37.0. The molecule has 0 radical (unpaired) electrons. The smallest absolute Gasteiger partial charge is 0.182 e. The minimum absolute atomic E-state index is 0.515. The van der Waals surface area contributed by atoms with Gasteiger partial charge in [0.1, 0.15) is 39.2 Å². The van der Waals surface area contributed by atoms with Gasteiger partial charge in [0.15, 0.2) is 52.4 Å². The van der Waals surface area contributed by atoms with Gasteiger partial charge < -0.3 is 27.0 Å². The lowest BCUT2D eigenvalue weighted by Crippen LogP contribution is -2.04. The first-order valence-electron chi connectivity index (χ1n) is 49.7. The molecule has 0 aliphatic carbocycles. The van der Waals surface area contributed by atoms with Crippen molar-refractivity contribution < 1.29 is 13.3 Å². The molecule has 702 valence electrons. The number of furan rings is 3. The largest absolute Gasteiger partial charge is 0.456 e. The summed E-state index contributed by atoms with van der Waals surface area (Å²) in [6.07, 6.45) is 9.24. The van der Waals surface area contributed by atoms with E-state index in [4.69, 9.17) is 63.1 Å². The fourth-order valence-corrected chi connectivity index (χ4v) is 20.9. The van der Waals surface area contributed by atoms with E-state index in [2.05, 4.69) is 248 Å². The maximum Gasteiger partial charge on any atom is 0.182 e. The first kappa shape index (κ1) is 87.1. The predicted molar refractivity (Wildman–Crippen MR) is 603 cm³/mol. The van der Waals surface area contributed by atoms with Crippen LogP contribution in [0.5, 0.6) is 0 Å². The van der Waals surface area contributed by atoms with Crippen molar-refractivity contribution in [3.63, 3.8) is 0 Å². The van der Waals surface area contributed by atoms with E-state index in [1.807, 2.05) is 261 Å². The van der Waals surface area contributed by atoms with Crippen LogP contribution in [0.4, 0.5) is 0 Å². The summed E-state index contributed by atoms with van der Waals surface area (Å²) in [5, 5.41) is 13.7. The summed E-state index contributed by atoms with van der Waals surface area (Å²) in [6.45, 7) is 0. The highest BCUT2D eigenvalue weighted by Gasteiger charge is 2.27. The molecule has 18 heteroatoms. The quantitative estimate of drug-likeness (QED) is 0.0935. The molecule has 12 aromatic heterocycles. The Balaban J connectivity index is 0.000000108. The van der Waals surface area contributed by atoms with Gasteiger partial charge in [0.25, 0.3) is 0 Å². The Kier molecular flexibility index (Phi) is 21.4. The molecule has 30 rings (SSSR count). The van der Waals surface area contributed by atoms with Crippen LogP contribution < -0.4 is 0 Å². The molecule has 150 heavy (non-hydrogen) atoms. The van der Waals surface area contributed by atoms with Crippen molar-refractivity contribution in [3.05, 3.63) is 492 Å². The van der Waals surface area contributed by atoms with Crippen molar-refractivity contribution in [1.29, 1.82) is 0 Å². The van der Waals surface area contributed by atoms with Gasteiger partial charge in [-0.1, -0.05) is 346 Å². The number of benzene rings is 18. The lowest BCUT2D eigenvalue weighted by molar-refractivity contribution is 0.668. The van der Waals surface area contributed by atoms with Crippen molar-refractivity contribution in [2.75, 3.05) is 0 Å². The zero-order valence-electron chi connectivity index (χ0n) is 80.2. The Morgan fingerprint density at radius 2 is 0.440 bits per heavy atom. The predicted octanol–water partition coefficient (Wildman–Crippen LogP) is 32.8. The van der Waals surface area contributed by atoms with Gasteiger partial charge in [-0.25, -0.2) is 44.9 Å². The van der Waals surface area contributed by atoms with Gasteiger partial charge in [-0.15, -0.1) is 0 Å². The standard InChI is InChI=1S/3C44H27N5O/c1-3-11-28(12-4-1)42-46-43(29-13-5-2-6-14-29)48-44(47-42)37-27-32(23-24-45-37)49-38-17-9-7-15-33(38)34-21-19-31(26-39(34)49)30-20-22-41-36(25-30)35-16-8-10-18-40(35)50-41;1-3-11-28(12-4-1)42-46-43(29-13-5-2-6-14-29)48-44(47-42)36-27-45-24-23-38(36)49-37-17-9-7-15-32(37)33-21-19-31(26-39(33)49)30-20-22-41-35(25-30)34-16-8-10-18-40(34)50-41;1-3-11-28(12-4-1)42-46-43(29-13-5-2-6-14-29)48-44(47-42)35-23-24-45-27-39(35)49-37-17-9-7-15-32(37)33-21-19-31(26-38(33)49)30-20-22-41-36(25-30)34-16-8-10-18-40(34)50-41/h3*1-27H. The van der Waals surface area contributed by atoms with E-state index in [0.29, 0.717) is 58.1 Å². The molecular weight excluding hydrogens is 1840 g/mol. The molecule has 0 atom stereocenters. The summed E-state index contributed by atoms with van der Waals surface area (Å²) in [4.78, 5) is 58.9. The molecule has 0 bridgehead atoms. The lowest BCUT2D eigenvalue weighted by atomic mass is 10.0. The van der Waals surface area contributed by atoms with Gasteiger partial charge in [-0.3, -0.25) is 15.0 Å². The normalized spacial score (nSPS) is 11.6. The van der Waals surface area contributed by atoms with Crippen molar-refractivity contribution in [1.82, 2.24) is 73.5 Å². The van der Waals surface area contributed by atoms with E-state index in [1.165, 1.54) is 16.2 Å². The Morgan fingerprint density at radius 1 is 0.160 bits per heavy atom. The van der Waals surface area contributed by atoms with Crippen molar-refractivity contribution in [2.45, 2.75) is 0 Å². The monoisotopic (exact) mass is 1920 g/mol. The summed E-state index contributed by atoms with van der Waals surface area (Å²) < 4.78 is 25.3. The van der Waals surface area contributed by atoms with Gasteiger partial charge in [0, 0.05) is 134 Å². The molecule has 0 N–H and O–H groups in total. The Morgan fingerprint density at radius 3 is 0.827 bits per heavy atom. The molecule has 18 nitrogen and oxygen atoms in total. The molecule has 12 heterocycles. The highest BCUT2D eigenvalue weighted by atomic mass is 16.3. The number of hydrogen-bond donors (Lipinski definition) is 0. The second-order valence-corrected chi connectivity index (χ2v) is 37.0. The maximum atomic E-state index is 6.13. The Labute approximate surface area is 857 Å². The van der Waals surface area contributed by atoms with Gasteiger partial charge in [0.05, 0.1) is 56.2 Å². The first-order chi connectivity index (χ1) is 74.3. The molecule has 0 aliphatic heterocycles. The van der Waals surface area contributed by atoms with Crippen LogP contribution in [0.2, 0.25) is 0 Å². The number of nitrogens with zero attached hydrogens (tertiary/aromatic N) is 15. The summed E-state index contributed by atoms with van der Waals surface area (Å²) >= 11 is 0. The SMILES string of the molecule is c1ccc(-c2nc(-c3ccccc3)nc(-c3cc(-n4c5ccccc5c5ccc(-c6ccc7oc8ccccc8c7c6)cc54)ccn3)n2)cc1.c1ccc(-c2nc(-c3ccccc3)nc(-c3ccncc3-n3c4ccccc4c4ccc(-c5ccc6oc7ccccc7c6c5)cc43)n2)cc1.c1ccc(-c2nc(-c3ccccc3)nc(-c3cnccc3-n3c4ccccc4c4ccc(-c5ccc6oc7ccccc7c6c5)cc43)n2)cc1. The zero-order valence-corrected chi connectivity index (χ0v) is 80.2. The van der Waals surface area contributed by atoms with Crippen LogP contribution in [-0.2, 0) is 0 Å². The Bertz CT molecular complexity index is 9940. The van der Waals surface area contributed by atoms with Crippen LogP contribution in [0.3, 0.4) is 0 Å². The zero-order chi connectivity index (χ0) is 99.1. The topological polar surface area (TPSA) is 209 Å². The van der Waals surface area contributed by atoms with Crippen molar-refractivity contribution >= 4 is 131 Å². The first-order valence-corrected chi connectivity index (χ1v) is 49.7. The van der Waals surface area contributed by atoms with Gasteiger partial charge >= 0.3 is 0 Å². The molecular formula is C132H81N15O3. The van der Waals surface area contributed by atoms with Crippen LogP contribution >= 0.6 is 0 Å². The van der Waals surface area contributed by atoms with Crippen LogP contribution in [-0.4, -0.2) is 73.5 Å².